The Morgan fingerprint density at radius 1 is 1.27 bits per heavy atom. The van der Waals surface area contributed by atoms with Crippen molar-refractivity contribution >= 4 is 22.5 Å². The fraction of sp³-hybridized carbons (Fsp3) is 0.200. The van der Waals surface area contributed by atoms with Gasteiger partial charge in [0.1, 0.15) is 18.1 Å². The zero-order valence-electron chi connectivity index (χ0n) is 14.7. The van der Waals surface area contributed by atoms with Gasteiger partial charge in [0, 0.05) is 16.9 Å². The van der Waals surface area contributed by atoms with Gasteiger partial charge in [-0.3, -0.25) is 9.78 Å². The molecular formula is C20H21N3O3. The molecule has 3 rings (SSSR count). The molecular weight excluding hydrogens is 330 g/mol. The zero-order valence-corrected chi connectivity index (χ0v) is 14.7. The normalized spacial score (nSPS) is 11.9. The van der Waals surface area contributed by atoms with Crippen molar-refractivity contribution in [1.29, 1.82) is 0 Å². The number of carbonyl (C=O) groups is 1. The van der Waals surface area contributed by atoms with Crippen molar-refractivity contribution in [1.82, 2.24) is 10.3 Å². The van der Waals surface area contributed by atoms with Crippen molar-refractivity contribution in [2.75, 3.05) is 12.3 Å². The van der Waals surface area contributed by atoms with Gasteiger partial charge in [0.05, 0.1) is 16.9 Å². The lowest BCUT2D eigenvalue weighted by atomic mass is 10.1. The van der Waals surface area contributed by atoms with Crippen molar-refractivity contribution in [2.45, 2.75) is 19.9 Å². The Bertz CT molecular complexity index is 956. The second-order valence-corrected chi connectivity index (χ2v) is 6.24. The van der Waals surface area contributed by atoms with E-state index in [9.17, 15) is 9.90 Å². The number of nitrogens with one attached hydrogen (secondary N) is 1. The van der Waals surface area contributed by atoms with Crippen LogP contribution in [0.25, 0.3) is 10.9 Å². The van der Waals surface area contributed by atoms with Crippen LogP contribution in [0.15, 0.2) is 48.5 Å². The third-order valence-corrected chi connectivity index (χ3v) is 3.93. The van der Waals surface area contributed by atoms with Gasteiger partial charge < -0.3 is 20.9 Å². The second-order valence-electron chi connectivity index (χ2n) is 6.24. The van der Waals surface area contributed by atoms with Crippen LogP contribution in [0.1, 0.15) is 23.0 Å². The maximum atomic E-state index is 12.2. The third-order valence-electron chi connectivity index (χ3n) is 3.93. The van der Waals surface area contributed by atoms with Gasteiger partial charge in [0.25, 0.3) is 5.91 Å². The van der Waals surface area contributed by atoms with Gasteiger partial charge in [0.2, 0.25) is 0 Å². The quantitative estimate of drug-likeness (QED) is 0.656. The number of aromatic hydroxyl groups is 1. The first kappa shape index (κ1) is 17.5. The number of hydrogen-bond acceptors (Lipinski definition) is 5. The molecule has 26 heavy (non-hydrogen) atoms. The number of hydrogen-bond donors (Lipinski definition) is 3. The Hall–Kier alpha value is -3.28. The minimum absolute atomic E-state index is 0.0515. The number of nitrogen functional groups attached to an aromatic ring is 1. The topological polar surface area (TPSA) is 97.5 Å². The molecule has 1 aromatic heterocycles. The summed E-state index contributed by atoms with van der Waals surface area (Å²) in [7, 11) is 0. The highest BCUT2D eigenvalue weighted by molar-refractivity contribution is 5.96. The zero-order chi connectivity index (χ0) is 18.7. The van der Waals surface area contributed by atoms with Gasteiger partial charge in [0.15, 0.2) is 0 Å². The van der Waals surface area contributed by atoms with E-state index in [1.807, 2.05) is 38.1 Å². The molecule has 0 aliphatic rings. The van der Waals surface area contributed by atoms with Crippen molar-refractivity contribution in [2.24, 2.45) is 0 Å². The van der Waals surface area contributed by atoms with Crippen LogP contribution in [0, 0.1) is 6.92 Å². The molecule has 0 saturated heterocycles. The number of nitrogens with zero attached hydrogens (tertiary/aromatic N) is 1. The highest BCUT2D eigenvalue weighted by atomic mass is 16.5. The number of anilines is 1. The van der Waals surface area contributed by atoms with Crippen LogP contribution >= 0.6 is 0 Å². The lowest BCUT2D eigenvalue weighted by molar-refractivity contribution is 0.0926. The van der Waals surface area contributed by atoms with Gasteiger partial charge >= 0.3 is 0 Å². The molecule has 0 fully saturated rings. The predicted molar refractivity (Wildman–Crippen MR) is 101 cm³/mol. The minimum Gasteiger partial charge on any atom is -0.508 e. The summed E-state index contributed by atoms with van der Waals surface area (Å²) in [5.41, 5.74) is 8.75. The Morgan fingerprint density at radius 2 is 2.04 bits per heavy atom. The lowest BCUT2D eigenvalue weighted by Gasteiger charge is -2.17. The third kappa shape index (κ3) is 3.85. The van der Waals surface area contributed by atoms with Gasteiger partial charge in [-0.25, -0.2) is 0 Å². The maximum Gasteiger partial charge on any atom is 0.251 e. The summed E-state index contributed by atoms with van der Waals surface area (Å²) in [5.74, 6) is 0.410. The number of pyridine rings is 1. The van der Waals surface area contributed by atoms with E-state index >= 15 is 0 Å². The number of rotatable bonds is 5. The number of benzene rings is 2. The van der Waals surface area contributed by atoms with E-state index in [4.69, 9.17) is 10.5 Å². The summed E-state index contributed by atoms with van der Waals surface area (Å²) in [6.45, 7) is 4.01. The molecule has 0 bridgehead atoms. The molecule has 0 aliphatic heterocycles. The van der Waals surface area contributed by atoms with E-state index in [2.05, 4.69) is 10.3 Å². The van der Waals surface area contributed by atoms with Crippen LogP contribution in [0.2, 0.25) is 0 Å². The Kier molecular flexibility index (Phi) is 4.93. The highest BCUT2D eigenvalue weighted by Gasteiger charge is 2.13. The van der Waals surface area contributed by atoms with Crippen molar-refractivity contribution in [3.63, 3.8) is 0 Å². The number of aryl methyl sites for hydroxylation is 1. The number of amides is 1. The minimum atomic E-state index is -0.272. The largest absolute Gasteiger partial charge is 0.508 e. The van der Waals surface area contributed by atoms with Gasteiger partial charge in [-0.2, -0.15) is 0 Å². The summed E-state index contributed by atoms with van der Waals surface area (Å²) < 4.78 is 5.88. The summed E-state index contributed by atoms with van der Waals surface area (Å²) in [5, 5.41) is 13.1. The SMILES string of the molecule is Cc1cc(N)c2c(OC[C@@H](C)NC(=O)c3cccc(O)c3)cccc2n1. The number of ether oxygens (including phenoxy) is 1. The van der Waals surface area contributed by atoms with E-state index in [0.29, 0.717) is 17.0 Å². The first-order chi connectivity index (χ1) is 12.4. The smallest absolute Gasteiger partial charge is 0.251 e. The van der Waals surface area contributed by atoms with Crippen LogP contribution in [0.4, 0.5) is 5.69 Å². The van der Waals surface area contributed by atoms with E-state index in [1.54, 1.807) is 12.1 Å². The van der Waals surface area contributed by atoms with E-state index in [0.717, 1.165) is 16.6 Å². The number of fused-ring (bicyclic) bond motifs is 1. The van der Waals surface area contributed by atoms with Gasteiger partial charge in [-0.05, 0) is 50.2 Å². The molecule has 1 heterocycles. The molecule has 1 amide bonds. The Labute approximate surface area is 151 Å². The second kappa shape index (κ2) is 7.31. The number of nitrogens with two attached hydrogens (primary N) is 1. The first-order valence-electron chi connectivity index (χ1n) is 8.32. The number of phenols is 1. The number of aromatic nitrogens is 1. The molecule has 134 valence electrons. The van der Waals surface area contributed by atoms with E-state index in [-0.39, 0.29) is 24.3 Å². The van der Waals surface area contributed by atoms with Crippen LogP contribution in [-0.2, 0) is 0 Å². The predicted octanol–water partition coefficient (Wildman–Crippen LogP) is 3.03. The van der Waals surface area contributed by atoms with Crippen molar-refractivity contribution in [3.05, 3.63) is 59.8 Å². The Balaban J connectivity index is 1.69. The van der Waals surface area contributed by atoms with Gasteiger partial charge in [-0.1, -0.05) is 12.1 Å². The molecule has 0 spiro atoms. The van der Waals surface area contributed by atoms with Crippen LogP contribution in [-0.4, -0.2) is 28.6 Å². The average molecular weight is 351 g/mol. The van der Waals surface area contributed by atoms with Crippen LogP contribution in [0.5, 0.6) is 11.5 Å². The fourth-order valence-corrected chi connectivity index (χ4v) is 2.75. The molecule has 0 aliphatic carbocycles. The molecule has 2 aromatic carbocycles. The highest BCUT2D eigenvalue weighted by Crippen LogP contribution is 2.30. The molecule has 0 unspecified atom stereocenters. The average Bonchev–Trinajstić information content (AvgIpc) is 2.59. The summed E-state index contributed by atoms with van der Waals surface area (Å²) in [6, 6.07) is 13.4. The molecule has 0 radical (unpaired) electrons. The summed E-state index contributed by atoms with van der Waals surface area (Å²) >= 11 is 0. The molecule has 3 aromatic rings. The van der Waals surface area contributed by atoms with E-state index in [1.165, 1.54) is 12.1 Å². The van der Waals surface area contributed by atoms with Crippen LogP contribution < -0.4 is 15.8 Å². The summed E-state index contributed by atoms with van der Waals surface area (Å²) in [6.07, 6.45) is 0. The lowest BCUT2D eigenvalue weighted by Crippen LogP contribution is -2.36. The maximum absolute atomic E-state index is 12.2. The summed E-state index contributed by atoms with van der Waals surface area (Å²) in [4.78, 5) is 16.7. The molecule has 1 atom stereocenters. The number of phenolic OH excluding ortho intramolecular Hbond substituents is 1. The standard InChI is InChI=1S/C20H21N3O3/c1-12-9-16(21)19-17(22-12)7-4-8-18(19)26-11-13(2)23-20(25)14-5-3-6-15(24)10-14/h3-10,13,24H,11H2,1-2H3,(H2,21,22)(H,23,25)/t13-/m1/s1. The van der Waals surface area contributed by atoms with Crippen molar-refractivity contribution in [3.8, 4) is 11.5 Å². The van der Waals surface area contributed by atoms with Crippen molar-refractivity contribution < 1.29 is 14.6 Å². The monoisotopic (exact) mass is 351 g/mol. The van der Waals surface area contributed by atoms with Crippen LogP contribution in [0.3, 0.4) is 0 Å². The number of carbonyl (C=O) groups excluding carboxylic acids is 1. The Morgan fingerprint density at radius 3 is 2.81 bits per heavy atom. The molecule has 6 nitrogen and oxygen atoms in total. The molecule has 0 saturated carbocycles. The fourth-order valence-electron chi connectivity index (χ4n) is 2.75. The first-order valence-corrected chi connectivity index (χ1v) is 8.32. The molecule has 6 heteroatoms. The van der Waals surface area contributed by atoms with E-state index < -0.39 is 0 Å². The molecule has 4 N–H and O–H groups in total. The van der Waals surface area contributed by atoms with Gasteiger partial charge in [-0.15, -0.1) is 0 Å².